The highest BCUT2D eigenvalue weighted by atomic mass is 79.9. The van der Waals surface area contributed by atoms with Crippen LogP contribution in [-0.2, 0) is 0 Å². The van der Waals surface area contributed by atoms with Gasteiger partial charge in [-0.05, 0) is 29.3 Å². The first kappa shape index (κ1) is 10.9. The van der Waals surface area contributed by atoms with Gasteiger partial charge >= 0.3 is 0 Å². The first-order valence-corrected chi connectivity index (χ1v) is 5.52. The number of aryl methyl sites for hydroxylation is 1. The summed E-state index contributed by atoms with van der Waals surface area (Å²) in [6.07, 6.45) is 1.07. The Hall–Kier alpha value is -0.220. The molecule has 0 aliphatic heterocycles. The van der Waals surface area contributed by atoms with E-state index in [1.54, 1.807) is 0 Å². The topological polar surface area (TPSA) is 28.7 Å². The summed E-state index contributed by atoms with van der Waals surface area (Å²) in [6, 6.07) is 0. The maximum atomic E-state index is 5.12. The predicted octanol–water partition coefficient (Wildman–Crippen LogP) is 3.72. The van der Waals surface area contributed by atoms with E-state index in [4.69, 9.17) is 12.2 Å². The highest BCUT2D eigenvalue weighted by Gasteiger charge is 2.07. The fraction of sp³-hybridized carbons (Fsp3) is 0.556. The Morgan fingerprint density at radius 2 is 2.23 bits per heavy atom. The summed E-state index contributed by atoms with van der Waals surface area (Å²) in [5, 5.41) is 0. The number of hydrogen-bond donors (Lipinski definition) is 1. The van der Waals surface area contributed by atoms with E-state index in [0.29, 0.717) is 10.6 Å². The average Bonchev–Trinajstić information content (AvgIpc) is 2.12. The van der Waals surface area contributed by atoms with Crippen molar-refractivity contribution >= 4 is 28.1 Å². The molecule has 0 spiro atoms. The Labute approximate surface area is 91.9 Å². The van der Waals surface area contributed by atoms with Gasteiger partial charge in [0.05, 0.1) is 4.47 Å². The largest absolute Gasteiger partial charge is 0.346 e. The molecule has 0 saturated heterocycles. The second-order valence-corrected chi connectivity index (χ2v) is 4.36. The van der Waals surface area contributed by atoms with Gasteiger partial charge in [-0.15, -0.1) is 0 Å². The standard InChI is InChI=1S/C9H13BrN2S/c1-4-5(2)8-11-6(3)7(10)9(13)12-8/h5H,4H2,1-3H3,(H,11,12,13). The average molecular weight is 261 g/mol. The molecule has 0 saturated carbocycles. The molecule has 0 aliphatic carbocycles. The molecule has 1 aromatic rings. The lowest BCUT2D eigenvalue weighted by Crippen LogP contribution is -2.02. The lowest BCUT2D eigenvalue weighted by atomic mass is 10.1. The number of hydrogen-bond acceptors (Lipinski definition) is 2. The fourth-order valence-electron chi connectivity index (χ4n) is 1.02. The first-order chi connectivity index (χ1) is 6.06. The molecule has 1 aromatic heterocycles. The van der Waals surface area contributed by atoms with Crippen LogP contribution >= 0.6 is 28.1 Å². The van der Waals surface area contributed by atoms with Gasteiger partial charge in [-0.1, -0.05) is 26.1 Å². The van der Waals surface area contributed by atoms with Crippen LogP contribution in [0.2, 0.25) is 0 Å². The van der Waals surface area contributed by atoms with Crippen molar-refractivity contribution in [3.8, 4) is 0 Å². The minimum absolute atomic E-state index is 0.438. The van der Waals surface area contributed by atoms with Gasteiger partial charge < -0.3 is 4.98 Å². The van der Waals surface area contributed by atoms with Crippen molar-refractivity contribution in [3.63, 3.8) is 0 Å². The fourth-order valence-corrected chi connectivity index (χ4v) is 1.46. The van der Waals surface area contributed by atoms with Gasteiger partial charge in [0.1, 0.15) is 10.5 Å². The van der Waals surface area contributed by atoms with Crippen molar-refractivity contribution in [3.05, 3.63) is 20.6 Å². The van der Waals surface area contributed by atoms with E-state index < -0.39 is 0 Å². The third kappa shape index (κ3) is 2.38. The monoisotopic (exact) mass is 260 g/mol. The molecule has 4 heteroatoms. The van der Waals surface area contributed by atoms with Crippen LogP contribution < -0.4 is 0 Å². The molecule has 72 valence electrons. The summed E-state index contributed by atoms with van der Waals surface area (Å²) in [5.74, 6) is 1.42. The number of halogens is 1. The lowest BCUT2D eigenvalue weighted by molar-refractivity contribution is 0.671. The zero-order valence-corrected chi connectivity index (χ0v) is 10.4. The molecule has 13 heavy (non-hydrogen) atoms. The predicted molar refractivity (Wildman–Crippen MR) is 60.6 cm³/mol. The van der Waals surface area contributed by atoms with Crippen LogP contribution in [0, 0.1) is 11.6 Å². The van der Waals surface area contributed by atoms with E-state index in [1.807, 2.05) is 6.92 Å². The Morgan fingerprint density at radius 1 is 1.62 bits per heavy atom. The van der Waals surface area contributed by atoms with Crippen LogP contribution in [0.15, 0.2) is 4.47 Å². The molecule has 0 aromatic carbocycles. The van der Waals surface area contributed by atoms with E-state index in [0.717, 1.165) is 22.4 Å². The van der Waals surface area contributed by atoms with Crippen LogP contribution in [0.1, 0.15) is 37.7 Å². The Bertz CT molecular complexity index is 359. The minimum Gasteiger partial charge on any atom is -0.346 e. The van der Waals surface area contributed by atoms with Crippen LogP contribution in [0.4, 0.5) is 0 Å². The first-order valence-electron chi connectivity index (χ1n) is 4.32. The molecule has 0 bridgehead atoms. The highest BCUT2D eigenvalue weighted by Crippen LogP contribution is 2.19. The molecule has 0 fully saturated rings. The number of H-pyrrole nitrogens is 1. The van der Waals surface area contributed by atoms with Gasteiger partial charge in [-0.3, -0.25) is 0 Å². The van der Waals surface area contributed by atoms with Gasteiger partial charge in [-0.2, -0.15) is 0 Å². The van der Waals surface area contributed by atoms with Crippen molar-refractivity contribution in [1.82, 2.24) is 9.97 Å². The molecule has 1 rings (SSSR count). The molecule has 0 amide bonds. The van der Waals surface area contributed by atoms with E-state index in [9.17, 15) is 0 Å². The van der Waals surface area contributed by atoms with E-state index >= 15 is 0 Å². The molecule has 1 unspecified atom stereocenters. The normalized spacial score (nSPS) is 12.9. The molecule has 0 radical (unpaired) electrons. The lowest BCUT2D eigenvalue weighted by Gasteiger charge is -2.09. The van der Waals surface area contributed by atoms with Gasteiger partial charge in [0.25, 0.3) is 0 Å². The van der Waals surface area contributed by atoms with Gasteiger partial charge in [0.15, 0.2) is 0 Å². The van der Waals surface area contributed by atoms with Crippen molar-refractivity contribution in [2.45, 2.75) is 33.1 Å². The molecular formula is C9H13BrN2S. The van der Waals surface area contributed by atoms with Crippen LogP contribution in [-0.4, -0.2) is 9.97 Å². The Balaban J connectivity index is 3.21. The Morgan fingerprint density at radius 3 is 2.69 bits per heavy atom. The van der Waals surface area contributed by atoms with E-state index in [2.05, 4.69) is 39.7 Å². The maximum absolute atomic E-state index is 5.12. The summed E-state index contributed by atoms with van der Waals surface area (Å²) in [7, 11) is 0. The van der Waals surface area contributed by atoms with Crippen molar-refractivity contribution < 1.29 is 0 Å². The maximum Gasteiger partial charge on any atom is 0.144 e. The van der Waals surface area contributed by atoms with Crippen LogP contribution in [0.3, 0.4) is 0 Å². The second-order valence-electron chi connectivity index (χ2n) is 3.18. The molecular weight excluding hydrogens is 248 g/mol. The van der Waals surface area contributed by atoms with Gasteiger partial charge in [0.2, 0.25) is 0 Å². The van der Waals surface area contributed by atoms with Crippen molar-refractivity contribution in [2.75, 3.05) is 0 Å². The summed E-state index contributed by atoms with van der Waals surface area (Å²) < 4.78 is 1.54. The van der Waals surface area contributed by atoms with E-state index in [1.165, 1.54) is 0 Å². The number of aromatic nitrogens is 2. The van der Waals surface area contributed by atoms with Gasteiger partial charge in [0, 0.05) is 11.6 Å². The molecule has 0 aliphatic rings. The van der Waals surface area contributed by atoms with E-state index in [-0.39, 0.29) is 0 Å². The Kier molecular flexibility index (Phi) is 3.62. The van der Waals surface area contributed by atoms with Crippen molar-refractivity contribution in [2.24, 2.45) is 0 Å². The zero-order valence-electron chi connectivity index (χ0n) is 8.02. The number of nitrogens with one attached hydrogen (secondary N) is 1. The summed E-state index contributed by atoms with van der Waals surface area (Å²) in [5.41, 5.74) is 1.05. The van der Waals surface area contributed by atoms with Crippen molar-refractivity contribution in [1.29, 1.82) is 0 Å². The third-order valence-electron chi connectivity index (χ3n) is 2.13. The smallest absolute Gasteiger partial charge is 0.144 e. The van der Waals surface area contributed by atoms with Crippen LogP contribution in [0.25, 0.3) is 0 Å². The number of aromatic amines is 1. The molecule has 2 nitrogen and oxygen atoms in total. The minimum atomic E-state index is 0.438. The van der Waals surface area contributed by atoms with Gasteiger partial charge in [-0.25, -0.2) is 4.98 Å². The highest BCUT2D eigenvalue weighted by molar-refractivity contribution is 9.10. The quantitative estimate of drug-likeness (QED) is 0.822. The molecule has 1 heterocycles. The molecule has 1 atom stereocenters. The zero-order chi connectivity index (χ0) is 10.0. The summed E-state index contributed by atoms with van der Waals surface area (Å²) >= 11 is 8.50. The number of nitrogens with zero attached hydrogens (tertiary/aromatic N) is 1. The third-order valence-corrected chi connectivity index (χ3v) is 3.66. The second kappa shape index (κ2) is 4.33. The summed E-state index contributed by atoms with van der Waals surface area (Å²) in [6.45, 7) is 6.27. The SMILES string of the molecule is CCC(C)c1nc(=S)c(Br)c(C)[nH]1. The summed E-state index contributed by atoms with van der Waals surface area (Å²) in [4.78, 5) is 7.56. The number of rotatable bonds is 2. The van der Waals surface area contributed by atoms with Crippen LogP contribution in [0.5, 0.6) is 0 Å². The molecule has 1 N–H and O–H groups in total.